The Balaban J connectivity index is 0.880. The normalized spacial score (nSPS) is 15.0. The van der Waals surface area contributed by atoms with Gasteiger partial charge in [0, 0.05) is 28.4 Å². The van der Waals surface area contributed by atoms with Gasteiger partial charge in [-0.15, -0.1) is 0 Å². The van der Waals surface area contributed by atoms with Gasteiger partial charge < -0.3 is 9.47 Å². The smallest absolute Gasteiger partial charge is 0.0637 e. The summed E-state index contributed by atoms with van der Waals surface area (Å²) in [5, 5.41) is 1.32. The van der Waals surface area contributed by atoms with Crippen molar-refractivity contribution in [2.75, 3.05) is 4.90 Å². The van der Waals surface area contributed by atoms with Crippen molar-refractivity contribution in [3.63, 3.8) is 0 Å². The first-order valence-corrected chi connectivity index (χ1v) is 23.4. The number of benzene rings is 8. The van der Waals surface area contributed by atoms with Crippen LogP contribution in [0.15, 0.2) is 200 Å². The monoisotopic (exact) mass is 826 g/mol. The molecule has 0 radical (unpaired) electrons. The molecule has 2 unspecified atom stereocenters. The average Bonchev–Trinajstić information content (AvgIpc) is 3.88. The molecule has 2 nitrogen and oxygen atoms in total. The molecule has 312 valence electrons. The van der Waals surface area contributed by atoms with Gasteiger partial charge in [0.05, 0.1) is 17.3 Å². The second-order valence-corrected chi connectivity index (χ2v) is 17.8. The van der Waals surface area contributed by atoms with Gasteiger partial charge in [0.2, 0.25) is 0 Å². The summed E-state index contributed by atoms with van der Waals surface area (Å²) in [4.78, 5) is 2.56. The van der Waals surface area contributed by atoms with Crippen LogP contribution in [0.1, 0.15) is 73.4 Å². The lowest BCUT2D eigenvalue weighted by Crippen LogP contribution is -2.30. The van der Waals surface area contributed by atoms with Crippen molar-refractivity contribution in [2.45, 2.75) is 64.3 Å². The molecule has 9 aromatic rings. The first-order valence-electron chi connectivity index (χ1n) is 23.4. The largest absolute Gasteiger partial charge is 0.333 e. The Morgan fingerprint density at radius 3 is 1.50 bits per heavy atom. The molecule has 2 atom stereocenters. The molecule has 0 bridgehead atoms. The number of hydrogen-bond donors (Lipinski definition) is 0. The van der Waals surface area contributed by atoms with E-state index in [1.807, 2.05) is 0 Å². The Bertz CT molecular complexity index is 3090. The lowest BCUT2D eigenvalue weighted by molar-refractivity contribution is 0.725. The lowest BCUT2D eigenvalue weighted by Gasteiger charge is -2.31. The second-order valence-electron chi connectivity index (χ2n) is 17.8. The molecule has 0 amide bonds. The molecule has 0 spiro atoms. The summed E-state index contributed by atoms with van der Waals surface area (Å²) < 4.78 is 2.48. The standard InChI is InChI=1S/C62H54N2/c1-3-5-12-43-20-24-45(25-21-43)46-28-30-47(31-29-46)48-32-36-53(37-33-48)63-57-18-9-7-16-55(57)61-59(63)40-41-60-62(61)56-17-8-10-19-58(56)64(60)54-38-34-50(35-39-54)52-15-11-14-51(42-52)49-26-22-44(23-27-49)13-6-4-2/h7-11,14-42,59,61H,3-6,12-13H2,1-2H3. The average molecular weight is 827 g/mol. The van der Waals surface area contributed by atoms with Crippen LogP contribution in [0.5, 0.6) is 0 Å². The highest BCUT2D eigenvalue weighted by Crippen LogP contribution is 2.54. The predicted octanol–water partition coefficient (Wildman–Crippen LogP) is 16.7. The summed E-state index contributed by atoms with van der Waals surface area (Å²) in [5.74, 6) is 0.193. The molecule has 0 N–H and O–H groups in total. The third-order valence-corrected chi connectivity index (χ3v) is 13.8. The Morgan fingerprint density at radius 2 is 0.922 bits per heavy atom. The molecule has 1 aliphatic heterocycles. The van der Waals surface area contributed by atoms with E-state index in [0.717, 1.165) is 12.8 Å². The van der Waals surface area contributed by atoms with E-state index in [1.54, 1.807) is 0 Å². The Hall–Kier alpha value is -7.16. The number of rotatable bonds is 12. The topological polar surface area (TPSA) is 8.17 Å². The number of unbranched alkanes of at least 4 members (excludes halogenated alkanes) is 2. The van der Waals surface area contributed by atoms with Crippen molar-refractivity contribution >= 4 is 28.4 Å². The predicted molar refractivity (Wildman–Crippen MR) is 272 cm³/mol. The van der Waals surface area contributed by atoms with Crippen LogP contribution < -0.4 is 4.90 Å². The minimum Gasteiger partial charge on any atom is -0.333 e. The number of nitrogens with zero attached hydrogens (tertiary/aromatic N) is 2. The summed E-state index contributed by atoms with van der Waals surface area (Å²) in [5.41, 5.74) is 21.7. The van der Waals surface area contributed by atoms with Crippen molar-refractivity contribution in [2.24, 2.45) is 0 Å². The van der Waals surface area contributed by atoms with E-state index in [9.17, 15) is 0 Å². The van der Waals surface area contributed by atoms with E-state index >= 15 is 0 Å². The van der Waals surface area contributed by atoms with E-state index in [0.29, 0.717) is 0 Å². The van der Waals surface area contributed by atoms with Crippen LogP contribution >= 0.6 is 0 Å². The zero-order valence-corrected chi connectivity index (χ0v) is 36.9. The van der Waals surface area contributed by atoms with Gasteiger partial charge in [-0.1, -0.05) is 184 Å². The van der Waals surface area contributed by atoms with E-state index in [2.05, 4.69) is 230 Å². The highest BCUT2D eigenvalue weighted by Gasteiger charge is 2.43. The summed E-state index contributed by atoms with van der Waals surface area (Å²) >= 11 is 0. The fourth-order valence-corrected chi connectivity index (χ4v) is 10.4. The molecule has 1 aromatic heterocycles. The SMILES string of the molecule is CCCCc1ccc(-c2ccc(-c3ccc(N4c5ccccc5C5c6c(n(-c7ccc(-c8cccc(-c9ccc(CCCC)cc9)c8)cc7)c7ccccc67)C=CC54)cc3)cc2)cc1. The van der Waals surface area contributed by atoms with Crippen LogP contribution in [0.3, 0.4) is 0 Å². The number of aryl methyl sites for hydroxylation is 2. The van der Waals surface area contributed by atoms with E-state index in [1.165, 1.54) is 126 Å². The molecule has 0 fully saturated rings. The van der Waals surface area contributed by atoms with Crippen LogP contribution in [-0.2, 0) is 12.8 Å². The van der Waals surface area contributed by atoms with Gasteiger partial charge in [0.25, 0.3) is 0 Å². The highest BCUT2D eigenvalue weighted by atomic mass is 15.2. The molecule has 0 saturated heterocycles. The first-order chi connectivity index (χ1) is 31.6. The third kappa shape index (κ3) is 7.27. The van der Waals surface area contributed by atoms with Crippen molar-refractivity contribution < 1.29 is 0 Å². The minimum absolute atomic E-state index is 0.157. The van der Waals surface area contributed by atoms with Crippen LogP contribution in [0.2, 0.25) is 0 Å². The van der Waals surface area contributed by atoms with Crippen molar-refractivity contribution in [3.8, 4) is 50.2 Å². The van der Waals surface area contributed by atoms with Gasteiger partial charge in [0.15, 0.2) is 0 Å². The molecule has 1 aliphatic carbocycles. The molecule has 2 heterocycles. The summed E-state index contributed by atoms with van der Waals surface area (Å²) in [7, 11) is 0. The molecule has 2 aliphatic rings. The van der Waals surface area contributed by atoms with Gasteiger partial charge in [0.1, 0.15) is 0 Å². The first kappa shape index (κ1) is 39.7. The summed E-state index contributed by atoms with van der Waals surface area (Å²) in [6.07, 6.45) is 12.1. The molecular formula is C62H54N2. The maximum absolute atomic E-state index is 2.56. The van der Waals surface area contributed by atoms with Gasteiger partial charge in [-0.3, -0.25) is 0 Å². The number of aromatic nitrogens is 1. The highest BCUT2D eigenvalue weighted by molar-refractivity contribution is 5.94. The third-order valence-electron chi connectivity index (χ3n) is 13.8. The van der Waals surface area contributed by atoms with E-state index < -0.39 is 0 Å². The Kier molecular flexibility index (Phi) is 10.7. The second kappa shape index (κ2) is 17.2. The Morgan fingerprint density at radius 1 is 0.438 bits per heavy atom. The number of para-hydroxylation sites is 2. The van der Waals surface area contributed by atoms with E-state index in [4.69, 9.17) is 0 Å². The zero-order chi connectivity index (χ0) is 43.0. The fraction of sp³-hybridized carbons (Fsp3) is 0.161. The summed E-state index contributed by atoms with van der Waals surface area (Å²) in [6.45, 7) is 4.51. The zero-order valence-electron chi connectivity index (χ0n) is 36.9. The molecule has 0 saturated carbocycles. The number of anilines is 2. The van der Waals surface area contributed by atoms with Gasteiger partial charge in [-0.25, -0.2) is 0 Å². The quantitative estimate of drug-likeness (QED) is 0.119. The van der Waals surface area contributed by atoms with Crippen molar-refractivity contribution in [3.05, 3.63) is 228 Å². The van der Waals surface area contributed by atoms with Crippen LogP contribution in [0.25, 0.3) is 67.2 Å². The molecular weight excluding hydrogens is 773 g/mol. The molecule has 64 heavy (non-hydrogen) atoms. The van der Waals surface area contributed by atoms with E-state index in [-0.39, 0.29) is 12.0 Å². The van der Waals surface area contributed by atoms with Crippen LogP contribution in [-0.4, -0.2) is 10.6 Å². The van der Waals surface area contributed by atoms with Crippen LogP contribution in [0, 0.1) is 0 Å². The number of hydrogen-bond acceptors (Lipinski definition) is 1. The fourth-order valence-electron chi connectivity index (χ4n) is 10.4. The molecule has 2 heteroatoms. The minimum atomic E-state index is 0.157. The molecule has 11 rings (SSSR count). The van der Waals surface area contributed by atoms with Crippen molar-refractivity contribution in [1.29, 1.82) is 0 Å². The lowest BCUT2D eigenvalue weighted by atomic mass is 9.82. The number of fused-ring (bicyclic) bond motifs is 7. The van der Waals surface area contributed by atoms with Gasteiger partial charge in [-0.05, 0) is 141 Å². The Labute approximate surface area is 378 Å². The van der Waals surface area contributed by atoms with Crippen LogP contribution in [0.4, 0.5) is 11.4 Å². The maximum atomic E-state index is 2.56. The van der Waals surface area contributed by atoms with Gasteiger partial charge >= 0.3 is 0 Å². The van der Waals surface area contributed by atoms with Crippen molar-refractivity contribution in [1.82, 2.24) is 4.57 Å². The maximum Gasteiger partial charge on any atom is 0.0637 e. The molecule has 8 aromatic carbocycles. The van der Waals surface area contributed by atoms with Gasteiger partial charge in [-0.2, -0.15) is 0 Å². The summed E-state index contributed by atoms with van der Waals surface area (Å²) in [6, 6.07) is 72.8.